The molecule has 0 fully saturated rings. The summed E-state index contributed by atoms with van der Waals surface area (Å²) in [5.74, 6) is 0. The molecular formula is C12H8F3NS. The summed E-state index contributed by atoms with van der Waals surface area (Å²) in [6.07, 6.45) is 1.49. The van der Waals surface area contributed by atoms with E-state index in [1.165, 1.54) is 18.3 Å². The molecular weight excluding hydrogens is 247 g/mol. The molecule has 0 spiro atoms. The van der Waals surface area contributed by atoms with Gasteiger partial charge in [0.15, 0.2) is 0 Å². The monoisotopic (exact) mass is 255 g/mol. The first-order chi connectivity index (χ1) is 8.06. The Kier molecular flexibility index (Phi) is 3.38. The van der Waals surface area contributed by atoms with E-state index < -0.39 is 5.51 Å². The fourth-order valence-electron chi connectivity index (χ4n) is 1.41. The highest BCUT2D eigenvalue weighted by atomic mass is 32.2. The molecule has 1 nitrogen and oxygen atoms in total. The van der Waals surface area contributed by atoms with Crippen LogP contribution in [0.4, 0.5) is 13.2 Å². The molecule has 0 atom stereocenters. The number of nitrogens with zero attached hydrogens (tertiary/aromatic N) is 1. The second kappa shape index (κ2) is 4.79. The molecule has 0 aliphatic rings. The lowest BCUT2D eigenvalue weighted by molar-refractivity contribution is -0.0328. The van der Waals surface area contributed by atoms with Gasteiger partial charge in [0, 0.05) is 16.7 Å². The maximum absolute atomic E-state index is 12.4. The number of pyridine rings is 1. The summed E-state index contributed by atoms with van der Waals surface area (Å²) >= 11 is -0.140. The molecule has 0 unspecified atom stereocenters. The van der Waals surface area contributed by atoms with Crippen molar-refractivity contribution in [2.75, 3.05) is 0 Å². The molecule has 0 aliphatic heterocycles. The van der Waals surface area contributed by atoms with Crippen LogP contribution in [-0.2, 0) is 0 Å². The lowest BCUT2D eigenvalue weighted by Gasteiger charge is -2.09. The topological polar surface area (TPSA) is 12.9 Å². The van der Waals surface area contributed by atoms with Crippen molar-refractivity contribution in [2.45, 2.75) is 10.4 Å². The Morgan fingerprint density at radius 3 is 2.29 bits per heavy atom. The molecule has 0 bridgehead atoms. The van der Waals surface area contributed by atoms with Crippen LogP contribution in [0.5, 0.6) is 0 Å². The van der Waals surface area contributed by atoms with Crippen LogP contribution >= 0.6 is 11.8 Å². The molecule has 88 valence electrons. The molecule has 0 saturated carbocycles. The van der Waals surface area contributed by atoms with Gasteiger partial charge < -0.3 is 0 Å². The highest BCUT2D eigenvalue weighted by Gasteiger charge is 2.30. The Morgan fingerprint density at radius 2 is 1.65 bits per heavy atom. The number of hydrogen-bond acceptors (Lipinski definition) is 2. The smallest absolute Gasteiger partial charge is 0.255 e. The normalized spacial score (nSPS) is 11.5. The number of rotatable bonds is 2. The van der Waals surface area contributed by atoms with Gasteiger partial charge in [0.1, 0.15) is 0 Å². The first-order valence-electron chi connectivity index (χ1n) is 4.82. The van der Waals surface area contributed by atoms with Gasteiger partial charge in [0.25, 0.3) is 0 Å². The lowest BCUT2D eigenvalue weighted by Crippen LogP contribution is -2.00. The fourth-order valence-corrected chi connectivity index (χ4v) is 2.07. The molecule has 5 heteroatoms. The van der Waals surface area contributed by atoms with Crippen LogP contribution < -0.4 is 0 Å². The molecule has 0 amide bonds. The average Bonchev–Trinajstić information content (AvgIpc) is 2.29. The maximum Gasteiger partial charge on any atom is 0.446 e. The highest BCUT2D eigenvalue weighted by Crippen LogP contribution is 2.40. The van der Waals surface area contributed by atoms with Crippen LogP contribution in [0.1, 0.15) is 0 Å². The van der Waals surface area contributed by atoms with Crippen LogP contribution in [0.25, 0.3) is 11.3 Å². The summed E-state index contributed by atoms with van der Waals surface area (Å²) in [6, 6.07) is 11.8. The van der Waals surface area contributed by atoms with Gasteiger partial charge in [-0.15, -0.1) is 0 Å². The van der Waals surface area contributed by atoms with Crippen LogP contribution in [0.2, 0.25) is 0 Å². The van der Waals surface area contributed by atoms with E-state index in [4.69, 9.17) is 0 Å². The van der Waals surface area contributed by atoms with Crippen molar-refractivity contribution in [3.05, 3.63) is 48.7 Å². The number of alkyl halides is 3. The molecule has 1 heterocycles. The largest absolute Gasteiger partial charge is 0.446 e. The van der Waals surface area contributed by atoms with Crippen molar-refractivity contribution in [3.63, 3.8) is 0 Å². The predicted octanol–water partition coefficient (Wildman–Crippen LogP) is 4.36. The number of aromatic nitrogens is 1. The van der Waals surface area contributed by atoms with Crippen molar-refractivity contribution in [1.29, 1.82) is 0 Å². The zero-order valence-electron chi connectivity index (χ0n) is 8.61. The van der Waals surface area contributed by atoms with Crippen LogP contribution in [-0.4, -0.2) is 10.5 Å². The lowest BCUT2D eigenvalue weighted by atomic mass is 10.1. The first kappa shape index (κ1) is 12.0. The highest BCUT2D eigenvalue weighted by molar-refractivity contribution is 8.00. The van der Waals surface area contributed by atoms with Gasteiger partial charge >= 0.3 is 5.51 Å². The summed E-state index contributed by atoms with van der Waals surface area (Å²) in [5.41, 5.74) is -3.26. The van der Waals surface area contributed by atoms with Crippen LogP contribution in [0.15, 0.2) is 53.6 Å². The summed E-state index contributed by atoms with van der Waals surface area (Å²) in [5, 5.41) is 0. The van der Waals surface area contributed by atoms with E-state index in [-0.39, 0.29) is 16.7 Å². The third kappa shape index (κ3) is 3.23. The van der Waals surface area contributed by atoms with E-state index in [0.717, 1.165) is 0 Å². The van der Waals surface area contributed by atoms with Crippen molar-refractivity contribution in [1.82, 2.24) is 4.98 Å². The Labute approximate surface area is 101 Å². The Hall–Kier alpha value is -1.49. The van der Waals surface area contributed by atoms with Gasteiger partial charge in [-0.3, -0.25) is 4.98 Å². The molecule has 2 rings (SSSR count). The third-order valence-electron chi connectivity index (χ3n) is 2.04. The molecule has 0 saturated heterocycles. The van der Waals surface area contributed by atoms with Crippen LogP contribution in [0, 0.1) is 0 Å². The van der Waals surface area contributed by atoms with Crippen LogP contribution in [0.3, 0.4) is 0 Å². The minimum absolute atomic E-state index is 0.117. The van der Waals surface area contributed by atoms with Gasteiger partial charge in [0.05, 0.1) is 5.69 Å². The van der Waals surface area contributed by atoms with Crippen molar-refractivity contribution in [2.24, 2.45) is 0 Å². The number of hydrogen-bond donors (Lipinski definition) is 0. The molecule has 1 aromatic heterocycles. The summed E-state index contributed by atoms with van der Waals surface area (Å²) in [4.78, 5) is 4.13. The number of halogens is 3. The zero-order valence-corrected chi connectivity index (χ0v) is 9.42. The minimum Gasteiger partial charge on any atom is -0.255 e. The standard InChI is InChI=1S/C12H8F3NS/c13-12(14,15)17-10-7-4-8-16-11(10)9-5-2-1-3-6-9/h1-8H. The zero-order chi connectivity index (χ0) is 12.3. The quantitative estimate of drug-likeness (QED) is 0.739. The van der Waals surface area contributed by atoms with E-state index in [2.05, 4.69) is 4.98 Å². The molecule has 17 heavy (non-hydrogen) atoms. The van der Waals surface area contributed by atoms with Gasteiger partial charge in [0.2, 0.25) is 0 Å². The predicted molar refractivity (Wildman–Crippen MR) is 61.6 cm³/mol. The van der Waals surface area contributed by atoms with E-state index >= 15 is 0 Å². The summed E-state index contributed by atoms with van der Waals surface area (Å²) < 4.78 is 37.1. The summed E-state index contributed by atoms with van der Waals surface area (Å²) in [6.45, 7) is 0. The minimum atomic E-state index is -4.30. The van der Waals surface area contributed by atoms with Crippen molar-refractivity contribution in [3.8, 4) is 11.3 Å². The Balaban J connectivity index is 2.41. The van der Waals surface area contributed by atoms with Gasteiger partial charge in [-0.1, -0.05) is 30.3 Å². The average molecular weight is 255 g/mol. The van der Waals surface area contributed by atoms with E-state index in [9.17, 15) is 13.2 Å². The Morgan fingerprint density at radius 1 is 0.941 bits per heavy atom. The van der Waals surface area contributed by atoms with E-state index in [1.807, 2.05) is 6.07 Å². The summed E-state index contributed by atoms with van der Waals surface area (Å²) in [7, 11) is 0. The molecule has 1 aromatic carbocycles. The first-order valence-corrected chi connectivity index (χ1v) is 5.64. The third-order valence-corrected chi connectivity index (χ3v) is 2.82. The molecule has 0 N–H and O–H groups in total. The Bertz CT molecular complexity index is 497. The number of benzene rings is 1. The van der Waals surface area contributed by atoms with E-state index in [0.29, 0.717) is 11.3 Å². The fraction of sp³-hybridized carbons (Fsp3) is 0.0833. The van der Waals surface area contributed by atoms with Gasteiger partial charge in [-0.25, -0.2) is 0 Å². The maximum atomic E-state index is 12.4. The molecule has 2 aromatic rings. The van der Waals surface area contributed by atoms with Gasteiger partial charge in [-0.05, 0) is 23.9 Å². The molecule has 0 aliphatic carbocycles. The van der Waals surface area contributed by atoms with Crippen molar-refractivity contribution < 1.29 is 13.2 Å². The number of thioether (sulfide) groups is 1. The second-order valence-electron chi connectivity index (χ2n) is 3.26. The SMILES string of the molecule is FC(F)(F)Sc1cccnc1-c1ccccc1. The van der Waals surface area contributed by atoms with Gasteiger partial charge in [-0.2, -0.15) is 13.2 Å². The molecule has 0 radical (unpaired) electrons. The van der Waals surface area contributed by atoms with Crippen molar-refractivity contribution >= 4 is 11.8 Å². The second-order valence-corrected chi connectivity index (χ2v) is 4.37. The van der Waals surface area contributed by atoms with E-state index in [1.54, 1.807) is 24.3 Å².